The molecule has 0 N–H and O–H groups in total. The summed E-state index contributed by atoms with van der Waals surface area (Å²) in [6.45, 7) is 7.59. The number of piperazine rings is 1. The molecule has 1 fully saturated rings. The standard InChI is InChI=1S/C22H26N2O3/c1-17-9-7-8-12-19(17)20(25)23-13-15-24(16-14-23)21(26)22(2,3)27-18-10-5-4-6-11-18/h4-12H,13-16H2,1-3H3. The Morgan fingerprint density at radius 2 is 1.41 bits per heavy atom. The van der Waals surface area contributed by atoms with E-state index in [1.807, 2.05) is 66.4 Å². The fourth-order valence-corrected chi connectivity index (χ4v) is 3.30. The molecule has 5 nitrogen and oxygen atoms in total. The first kappa shape index (κ1) is 19.0. The van der Waals surface area contributed by atoms with Gasteiger partial charge in [0, 0.05) is 31.7 Å². The molecule has 0 radical (unpaired) electrons. The van der Waals surface area contributed by atoms with E-state index in [4.69, 9.17) is 4.74 Å². The first-order chi connectivity index (χ1) is 12.9. The second-order valence-electron chi connectivity index (χ2n) is 7.32. The quantitative estimate of drug-likeness (QED) is 0.835. The van der Waals surface area contributed by atoms with Crippen LogP contribution in [0.25, 0.3) is 0 Å². The number of carbonyl (C=O) groups is 2. The molecule has 3 rings (SSSR count). The summed E-state index contributed by atoms with van der Waals surface area (Å²) in [6.07, 6.45) is 0. The first-order valence-electron chi connectivity index (χ1n) is 9.27. The molecule has 0 spiro atoms. The molecule has 2 amide bonds. The van der Waals surface area contributed by atoms with Crippen molar-refractivity contribution in [3.63, 3.8) is 0 Å². The Morgan fingerprint density at radius 1 is 0.852 bits per heavy atom. The fraction of sp³-hybridized carbons (Fsp3) is 0.364. The van der Waals surface area contributed by atoms with Crippen LogP contribution in [0.15, 0.2) is 54.6 Å². The summed E-state index contributed by atoms with van der Waals surface area (Å²) in [5.41, 5.74) is 0.743. The van der Waals surface area contributed by atoms with Crippen LogP contribution in [0.3, 0.4) is 0 Å². The highest BCUT2D eigenvalue weighted by Gasteiger charge is 2.36. The third-order valence-electron chi connectivity index (χ3n) is 4.86. The number of amides is 2. The zero-order valence-corrected chi connectivity index (χ0v) is 16.1. The van der Waals surface area contributed by atoms with Crippen LogP contribution in [0.5, 0.6) is 5.75 Å². The van der Waals surface area contributed by atoms with Crippen molar-refractivity contribution in [3.8, 4) is 5.75 Å². The summed E-state index contributed by atoms with van der Waals surface area (Å²) in [7, 11) is 0. The highest BCUT2D eigenvalue weighted by Crippen LogP contribution is 2.21. The van der Waals surface area contributed by atoms with Gasteiger partial charge in [-0.3, -0.25) is 9.59 Å². The van der Waals surface area contributed by atoms with Crippen molar-refractivity contribution in [1.29, 1.82) is 0 Å². The van der Waals surface area contributed by atoms with Gasteiger partial charge in [0.2, 0.25) is 0 Å². The Kier molecular flexibility index (Phi) is 5.49. The van der Waals surface area contributed by atoms with Gasteiger partial charge in [-0.05, 0) is 44.5 Å². The monoisotopic (exact) mass is 366 g/mol. The number of hydrogen-bond acceptors (Lipinski definition) is 3. The van der Waals surface area contributed by atoms with E-state index in [9.17, 15) is 9.59 Å². The maximum atomic E-state index is 12.9. The molecule has 27 heavy (non-hydrogen) atoms. The van der Waals surface area contributed by atoms with Gasteiger partial charge in [-0.2, -0.15) is 0 Å². The lowest BCUT2D eigenvalue weighted by Crippen LogP contribution is -2.56. The third kappa shape index (κ3) is 4.30. The Labute approximate surface area is 160 Å². The number of hydrogen-bond donors (Lipinski definition) is 0. The minimum Gasteiger partial charge on any atom is -0.478 e. The lowest BCUT2D eigenvalue weighted by molar-refractivity contribution is -0.147. The molecule has 0 unspecified atom stereocenters. The van der Waals surface area contributed by atoms with Crippen LogP contribution < -0.4 is 4.74 Å². The average molecular weight is 366 g/mol. The molecule has 0 aromatic heterocycles. The number of carbonyl (C=O) groups excluding carboxylic acids is 2. The number of nitrogens with zero attached hydrogens (tertiary/aromatic N) is 2. The van der Waals surface area contributed by atoms with Gasteiger partial charge in [0.25, 0.3) is 11.8 Å². The largest absolute Gasteiger partial charge is 0.478 e. The summed E-state index contributed by atoms with van der Waals surface area (Å²) >= 11 is 0. The van der Waals surface area contributed by atoms with Crippen LogP contribution in [0.4, 0.5) is 0 Å². The maximum Gasteiger partial charge on any atom is 0.266 e. The van der Waals surface area contributed by atoms with Gasteiger partial charge in [0.1, 0.15) is 5.75 Å². The number of ether oxygens (including phenoxy) is 1. The van der Waals surface area contributed by atoms with Gasteiger partial charge in [-0.25, -0.2) is 0 Å². The van der Waals surface area contributed by atoms with Crippen molar-refractivity contribution < 1.29 is 14.3 Å². The maximum absolute atomic E-state index is 12.9. The van der Waals surface area contributed by atoms with Crippen LogP contribution in [0, 0.1) is 6.92 Å². The Balaban J connectivity index is 1.60. The van der Waals surface area contributed by atoms with E-state index in [-0.39, 0.29) is 11.8 Å². The first-order valence-corrected chi connectivity index (χ1v) is 9.27. The van der Waals surface area contributed by atoms with E-state index >= 15 is 0 Å². The SMILES string of the molecule is Cc1ccccc1C(=O)N1CCN(C(=O)C(C)(C)Oc2ccccc2)CC1. The molecule has 5 heteroatoms. The molecule has 1 aliphatic heterocycles. The molecule has 0 saturated carbocycles. The number of para-hydroxylation sites is 1. The van der Waals surface area contributed by atoms with Gasteiger partial charge < -0.3 is 14.5 Å². The smallest absolute Gasteiger partial charge is 0.266 e. The van der Waals surface area contributed by atoms with Crippen molar-refractivity contribution in [1.82, 2.24) is 9.80 Å². The number of aryl methyl sites for hydroxylation is 1. The van der Waals surface area contributed by atoms with Crippen molar-refractivity contribution >= 4 is 11.8 Å². The predicted octanol–water partition coefficient (Wildman–Crippen LogP) is 3.14. The van der Waals surface area contributed by atoms with Gasteiger partial charge in [0.05, 0.1) is 0 Å². The molecule has 0 bridgehead atoms. The van der Waals surface area contributed by atoms with Gasteiger partial charge in [0.15, 0.2) is 5.60 Å². The van der Waals surface area contributed by atoms with E-state index in [1.54, 1.807) is 18.7 Å². The lowest BCUT2D eigenvalue weighted by Gasteiger charge is -2.38. The van der Waals surface area contributed by atoms with Crippen molar-refractivity contribution in [2.75, 3.05) is 26.2 Å². The average Bonchev–Trinajstić information content (AvgIpc) is 2.68. The van der Waals surface area contributed by atoms with Crippen molar-refractivity contribution in [2.24, 2.45) is 0 Å². The molecule has 142 valence electrons. The molecule has 0 aliphatic carbocycles. The van der Waals surface area contributed by atoms with E-state index < -0.39 is 5.60 Å². The van der Waals surface area contributed by atoms with Crippen LogP contribution in [-0.2, 0) is 4.79 Å². The van der Waals surface area contributed by atoms with Crippen LogP contribution >= 0.6 is 0 Å². The zero-order chi connectivity index (χ0) is 19.4. The number of benzene rings is 2. The topological polar surface area (TPSA) is 49.9 Å². The van der Waals surface area contributed by atoms with E-state index in [0.29, 0.717) is 31.9 Å². The highest BCUT2D eigenvalue weighted by atomic mass is 16.5. The summed E-state index contributed by atoms with van der Waals surface area (Å²) in [5.74, 6) is 0.638. The minimum atomic E-state index is -0.955. The predicted molar refractivity (Wildman–Crippen MR) is 105 cm³/mol. The van der Waals surface area contributed by atoms with E-state index in [1.165, 1.54) is 0 Å². The lowest BCUT2D eigenvalue weighted by atomic mass is 10.1. The van der Waals surface area contributed by atoms with E-state index in [2.05, 4.69) is 0 Å². The van der Waals surface area contributed by atoms with Gasteiger partial charge in [-0.1, -0.05) is 36.4 Å². The summed E-state index contributed by atoms with van der Waals surface area (Å²) in [5, 5.41) is 0. The second-order valence-corrected chi connectivity index (χ2v) is 7.32. The van der Waals surface area contributed by atoms with Crippen molar-refractivity contribution in [2.45, 2.75) is 26.4 Å². The van der Waals surface area contributed by atoms with Crippen LogP contribution in [0.1, 0.15) is 29.8 Å². The summed E-state index contributed by atoms with van der Waals surface area (Å²) in [4.78, 5) is 29.3. The molecular formula is C22H26N2O3. The molecule has 0 atom stereocenters. The summed E-state index contributed by atoms with van der Waals surface area (Å²) < 4.78 is 5.90. The van der Waals surface area contributed by atoms with Gasteiger partial charge >= 0.3 is 0 Å². The highest BCUT2D eigenvalue weighted by molar-refractivity contribution is 5.95. The molecular weight excluding hydrogens is 340 g/mol. The third-order valence-corrected chi connectivity index (χ3v) is 4.86. The van der Waals surface area contributed by atoms with Crippen molar-refractivity contribution in [3.05, 3.63) is 65.7 Å². The Morgan fingerprint density at radius 3 is 2.04 bits per heavy atom. The fourth-order valence-electron chi connectivity index (χ4n) is 3.30. The Bertz CT molecular complexity index is 809. The van der Waals surface area contributed by atoms with Gasteiger partial charge in [-0.15, -0.1) is 0 Å². The second kappa shape index (κ2) is 7.82. The molecule has 2 aromatic rings. The van der Waals surface area contributed by atoms with E-state index in [0.717, 1.165) is 11.1 Å². The molecule has 2 aromatic carbocycles. The zero-order valence-electron chi connectivity index (χ0n) is 16.1. The molecule has 1 saturated heterocycles. The summed E-state index contributed by atoms with van der Waals surface area (Å²) in [6, 6.07) is 17.0. The van der Waals surface area contributed by atoms with Crippen LogP contribution in [-0.4, -0.2) is 53.4 Å². The Hall–Kier alpha value is -2.82. The minimum absolute atomic E-state index is 0.0278. The number of rotatable bonds is 4. The molecule has 1 heterocycles. The normalized spacial score (nSPS) is 14.8. The molecule has 1 aliphatic rings. The van der Waals surface area contributed by atoms with Crippen LogP contribution in [0.2, 0.25) is 0 Å².